The van der Waals surface area contributed by atoms with Crippen molar-refractivity contribution < 1.29 is 0 Å². The van der Waals surface area contributed by atoms with Crippen LogP contribution in [0.2, 0.25) is 0 Å². The van der Waals surface area contributed by atoms with Gasteiger partial charge in [0, 0.05) is 4.47 Å². The van der Waals surface area contributed by atoms with E-state index in [1.54, 1.807) is 0 Å². The first-order chi connectivity index (χ1) is 7.27. The number of halogens is 1. The van der Waals surface area contributed by atoms with Gasteiger partial charge in [-0.15, -0.1) is 0 Å². The second-order valence-electron chi connectivity index (χ2n) is 4.29. The Hall–Kier alpha value is 0.0500. The van der Waals surface area contributed by atoms with Crippen LogP contribution in [0.1, 0.15) is 31.2 Å². The van der Waals surface area contributed by atoms with E-state index in [0.29, 0.717) is 0 Å². The summed E-state index contributed by atoms with van der Waals surface area (Å²) in [6.45, 7) is 2.38. The molecular weight excluding hydrogens is 268 g/mol. The average molecular weight is 285 g/mol. The van der Waals surface area contributed by atoms with Gasteiger partial charge < -0.3 is 0 Å². The molecule has 82 valence electrons. The first-order valence-electron chi connectivity index (χ1n) is 5.60. The number of thioether (sulfide) groups is 1. The summed E-state index contributed by atoms with van der Waals surface area (Å²) in [6.07, 6.45) is 2.78. The van der Waals surface area contributed by atoms with E-state index < -0.39 is 0 Å². The monoisotopic (exact) mass is 284 g/mol. The molecular formula is C13H17BrS. The van der Waals surface area contributed by atoms with Crippen molar-refractivity contribution in [3.63, 3.8) is 0 Å². The topological polar surface area (TPSA) is 0 Å². The molecule has 0 aromatic heterocycles. The van der Waals surface area contributed by atoms with E-state index in [0.717, 1.165) is 11.8 Å². The third-order valence-electron chi connectivity index (χ3n) is 3.37. The van der Waals surface area contributed by atoms with Crippen LogP contribution in [0.25, 0.3) is 0 Å². The van der Waals surface area contributed by atoms with Gasteiger partial charge in [0.2, 0.25) is 0 Å². The predicted molar refractivity (Wildman–Crippen MR) is 72.6 cm³/mol. The summed E-state index contributed by atoms with van der Waals surface area (Å²) < 4.78 is 1.18. The van der Waals surface area contributed by atoms with Crippen molar-refractivity contribution in [2.24, 2.45) is 5.92 Å². The van der Waals surface area contributed by atoms with E-state index in [2.05, 4.69) is 58.9 Å². The highest BCUT2D eigenvalue weighted by atomic mass is 79.9. The maximum Gasteiger partial charge on any atom is 0.0175 e. The third-order valence-corrected chi connectivity index (χ3v) is 4.95. The first kappa shape index (κ1) is 11.5. The first-order valence-corrected chi connectivity index (χ1v) is 7.55. The van der Waals surface area contributed by atoms with Crippen LogP contribution in [0.4, 0.5) is 0 Å². The fraction of sp³-hybridized carbons (Fsp3) is 0.538. The molecule has 0 N–H and O–H groups in total. The normalized spacial score (nSPS) is 20.1. The van der Waals surface area contributed by atoms with Gasteiger partial charge in [-0.25, -0.2) is 0 Å². The Bertz CT molecular complexity index is 301. The van der Waals surface area contributed by atoms with Gasteiger partial charge in [0.15, 0.2) is 0 Å². The maximum atomic E-state index is 3.49. The van der Waals surface area contributed by atoms with Gasteiger partial charge in [0.25, 0.3) is 0 Å². The summed E-state index contributed by atoms with van der Waals surface area (Å²) in [6, 6.07) is 8.83. The van der Waals surface area contributed by atoms with Crippen LogP contribution in [0.15, 0.2) is 28.7 Å². The van der Waals surface area contributed by atoms with Gasteiger partial charge in [0.1, 0.15) is 0 Å². The zero-order chi connectivity index (χ0) is 10.7. The molecule has 1 aliphatic rings. The Balaban J connectivity index is 2.05. The Morgan fingerprint density at radius 3 is 2.40 bits per heavy atom. The highest BCUT2D eigenvalue weighted by molar-refractivity contribution is 9.10. The van der Waals surface area contributed by atoms with E-state index in [-0.39, 0.29) is 0 Å². The van der Waals surface area contributed by atoms with Gasteiger partial charge in [-0.05, 0) is 53.9 Å². The van der Waals surface area contributed by atoms with Gasteiger partial charge in [-0.3, -0.25) is 0 Å². The molecule has 1 aromatic carbocycles. The van der Waals surface area contributed by atoms with Crippen LogP contribution in [0, 0.1) is 5.92 Å². The minimum absolute atomic E-state index is 0.721. The van der Waals surface area contributed by atoms with Gasteiger partial charge in [-0.2, -0.15) is 11.8 Å². The number of benzene rings is 1. The van der Waals surface area contributed by atoms with Crippen molar-refractivity contribution >= 4 is 27.7 Å². The van der Waals surface area contributed by atoms with E-state index in [9.17, 15) is 0 Å². The average Bonchev–Trinajstić information content (AvgIpc) is 2.30. The lowest BCUT2D eigenvalue weighted by molar-refractivity contribution is 0.417. The molecule has 1 atom stereocenters. The number of hydrogen-bond acceptors (Lipinski definition) is 1. The second kappa shape index (κ2) is 5.40. The summed E-state index contributed by atoms with van der Waals surface area (Å²) in [5.41, 5.74) is 1.50. The molecule has 0 bridgehead atoms. The quantitative estimate of drug-likeness (QED) is 0.759. The second-order valence-corrected chi connectivity index (χ2v) is 6.43. The smallest absolute Gasteiger partial charge is 0.0175 e. The van der Waals surface area contributed by atoms with Crippen LogP contribution in [-0.2, 0) is 0 Å². The largest absolute Gasteiger partial charge is 0.162 e. The predicted octanol–water partition coefficient (Wildman–Crippen LogP) is 4.70. The van der Waals surface area contributed by atoms with E-state index in [4.69, 9.17) is 0 Å². The standard InChI is InChI=1S/C13H17BrS/c1-10(12-6-8-15-9-7-12)11-2-4-13(14)5-3-11/h2-5,10,12H,6-9H2,1H3. The minimum Gasteiger partial charge on any atom is -0.162 e. The summed E-state index contributed by atoms with van der Waals surface area (Å²) in [7, 11) is 0. The Morgan fingerprint density at radius 2 is 1.80 bits per heavy atom. The van der Waals surface area contributed by atoms with E-state index in [1.807, 2.05) is 0 Å². The van der Waals surface area contributed by atoms with Crippen molar-refractivity contribution in [3.8, 4) is 0 Å². The summed E-state index contributed by atoms with van der Waals surface area (Å²) in [4.78, 5) is 0. The highest BCUT2D eigenvalue weighted by Crippen LogP contribution is 2.34. The third kappa shape index (κ3) is 3.01. The summed E-state index contributed by atoms with van der Waals surface area (Å²) >= 11 is 5.59. The lowest BCUT2D eigenvalue weighted by atomic mass is 9.84. The molecule has 0 saturated carbocycles. The lowest BCUT2D eigenvalue weighted by Crippen LogP contribution is -2.16. The van der Waals surface area contributed by atoms with Crippen LogP contribution >= 0.6 is 27.7 Å². The molecule has 1 saturated heterocycles. The molecule has 0 nitrogen and oxygen atoms in total. The molecule has 15 heavy (non-hydrogen) atoms. The minimum atomic E-state index is 0.721. The van der Waals surface area contributed by atoms with Crippen molar-refractivity contribution in [1.82, 2.24) is 0 Å². The van der Waals surface area contributed by atoms with Crippen molar-refractivity contribution in [2.45, 2.75) is 25.7 Å². The Kier molecular flexibility index (Phi) is 4.15. The van der Waals surface area contributed by atoms with Crippen LogP contribution in [0.3, 0.4) is 0 Å². The van der Waals surface area contributed by atoms with Gasteiger partial charge >= 0.3 is 0 Å². The maximum absolute atomic E-state index is 3.49. The molecule has 1 fully saturated rings. The summed E-state index contributed by atoms with van der Waals surface area (Å²) in [5.74, 6) is 4.32. The molecule has 0 spiro atoms. The Morgan fingerprint density at radius 1 is 1.20 bits per heavy atom. The number of rotatable bonds is 2. The molecule has 2 rings (SSSR count). The van der Waals surface area contributed by atoms with Gasteiger partial charge in [0.05, 0.1) is 0 Å². The van der Waals surface area contributed by atoms with Crippen LogP contribution in [-0.4, -0.2) is 11.5 Å². The molecule has 0 radical (unpaired) electrons. The SMILES string of the molecule is CC(c1ccc(Br)cc1)C1CCSCC1. The zero-order valence-corrected chi connectivity index (χ0v) is 11.5. The van der Waals surface area contributed by atoms with Crippen LogP contribution < -0.4 is 0 Å². The molecule has 0 amide bonds. The van der Waals surface area contributed by atoms with Crippen molar-refractivity contribution in [3.05, 3.63) is 34.3 Å². The van der Waals surface area contributed by atoms with E-state index in [1.165, 1.54) is 34.4 Å². The zero-order valence-electron chi connectivity index (χ0n) is 9.08. The fourth-order valence-corrected chi connectivity index (χ4v) is 3.66. The van der Waals surface area contributed by atoms with Crippen LogP contribution in [0.5, 0.6) is 0 Å². The van der Waals surface area contributed by atoms with Crippen molar-refractivity contribution in [2.75, 3.05) is 11.5 Å². The molecule has 1 heterocycles. The molecule has 2 heteroatoms. The molecule has 1 aromatic rings. The van der Waals surface area contributed by atoms with E-state index >= 15 is 0 Å². The van der Waals surface area contributed by atoms with Crippen molar-refractivity contribution in [1.29, 1.82) is 0 Å². The lowest BCUT2D eigenvalue weighted by Gasteiger charge is -2.27. The van der Waals surface area contributed by atoms with Gasteiger partial charge in [-0.1, -0.05) is 35.0 Å². The number of hydrogen-bond donors (Lipinski definition) is 0. The highest BCUT2D eigenvalue weighted by Gasteiger charge is 2.21. The summed E-state index contributed by atoms with van der Waals surface area (Å²) in [5, 5.41) is 0. The Labute approximate surface area is 105 Å². The molecule has 1 aliphatic heterocycles. The molecule has 0 aliphatic carbocycles. The fourth-order valence-electron chi connectivity index (χ4n) is 2.25. The molecule has 1 unspecified atom stereocenters.